The van der Waals surface area contributed by atoms with Gasteiger partial charge in [-0.05, 0) is 41.9 Å². The van der Waals surface area contributed by atoms with Gasteiger partial charge in [0.2, 0.25) is 11.7 Å². The highest BCUT2D eigenvalue weighted by molar-refractivity contribution is 5.92. The maximum atomic E-state index is 12.4. The second-order valence-electron chi connectivity index (χ2n) is 5.74. The fraction of sp³-hybridized carbons (Fsp3) is 0.350. The van der Waals surface area contributed by atoms with Crippen molar-refractivity contribution in [2.75, 3.05) is 33.2 Å². The first-order valence-electron chi connectivity index (χ1n) is 8.49. The van der Waals surface area contributed by atoms with E-state index in [4.69, 9.17) is 14.2 Å². The molecule has 0 aliphatic heterocycles. The number of carbonyl (C=O) groups is 1. The summed E-state index contributed by atoms with van der Waals surface area (Å²) in [5.41, 5.74) is 2.68. The van der Waals surface area contributed by atoms with Crippen LogP contribution < -0.4 is 24.8 Å². The fourth-order valence-electron chi connectivity index (χ4n) is 2.66. The van der Waals surface area contributed by atoms with E-state index in [1.165, 1.54) is 0 Å². The van der Waals surface area contributed by atoms with Crippen LogP contribution in [0.15, 0.2) is 36.4 Å². The first-order valence-corrected chi connectivity index (χ1v) is 8.49. The lowest BCUT2D eigenvalue weighted by Crippen LogP contribution is -2.15. The molecule has 140 valence electrons. The lowest BCUT2D eigenvalue weighted by atomic mass is 10.1. The normalized spacial score (nSPS) is 10.3. The van der Waals surface area contributed by atoms with Gasteiger partial charge in [-0.15, -0.1) is 0 Å². The summed E-state index contributed by atoms with van der Waals surface area (Å²) in [7, 11) is 4.65. The number of benzene rings is 2. The van der Waals surface area contributed by atoms with Crippen molar-refractivity contribution in [3.05, 3.63) is 47.5 Å². The van der Waals surface area contributed by atoms with E-state index in [-0.39, 0.29) is 12.3 Å². The van der Waals surface area contributed by atoms with Crippen LogP contribution in [0.3, 0.4) is 0 Å². The minimum absolute atomic E-state index is 0.111. The van der Waals surface area contributed by atoms with E-state index in [2.05, 4.69) is 17.6 Å². The van der Waals surface area contributed by atoms with E-state index < -0.39 is 0 Å². The molecule has 0 aromatic heterocycles. The summed E-state index contributed by atoms with van der Waals surface area (Å²) in [6, 6.07) is 11.4. The van der Waals surface area contributed by atoms with Crippen LogP contribution in [0.2, 0.25) is 0 Å². The molecule has 2 aromatic rings. The number of anilines is 1. The Hall–Kier alpha value is -2.73. The van der Waals surface area contributed by atoms with Crippen molar-refractivity contribution in [1.82, 2.24) is 5.32 Å². The second-order valence-corrected chi connectivity index (χ2v) is 5.74. The lowest BCUT2D eigenvalue weighted by Gasteiger charge is -2.14. The molecular formula is C20H26N2O4. The van der Waals surface area contributed by atoms with E-state index in [9.17, 15) is 4.79 Å². The first kappa shape index (κ1) is 19.6. The Morgan fingerprint density at radius 3 is 2.23 bits per heavy atom. The van der Waals surface area contributed by atoms with Crippen LogP contribution in [0.1, 0.15) is 18.1 Å². The van der Waals surface area contributed by atoms with E-state index in [0.29, 0.717) is 17.2 Å². The predicted molar refractivity (Wildman–Crippen MR) is 102 cm³/mol. The van der Waals surface area contributed by atoms with Crippen LogP contribution in [0.4, 0.5) is 5.69 Å². The third-order valence-electron chi connectivity index (χ3n) is 3.88. The molecule has 2 rings (SSSR count). The van der Waals surface area contributed by atoms with Gasteiger partial charge in [-0.2, -0.15) is 0 Å². The molecule has 6 nitrogen and oxygen atoms in total. The van der Waals surface area contributed by atoms with Crippen LogP contribution in [-0.4, -0.2) is 33.8 Å². The maximum Gasteiger partial charge on any atom is 0.228 e. The molecular weight excluding hydrogens is 332 g/mol. The van der Waals surface area contributed by atoms with Crippen molar-refractivity contribution >= 4 is 11.6 Å². The number of methoxy groups -OCH3 is 3. The monoisotopic (exact) mass is 358 g/mol. The van der Waals surface area contributed by atoms with Gasteiger partial charge in [0.15, 0.2) is 11.5 Å². The molecule has 0 heterocycles. The molecule has 26 heavy (non-hydrogen) atoms. The van der Waals surface area contributed by atoms with Gasteiger partial charge in [-0.3, -0.25) is 4.79 Å². The number of nitrogens with one attached hydrogen (secondary N) is 2. The van der Waals surface area contributed by atoms with Crippen LogP contribution in [0.5, 0.6) is 17.2 Å². The van der Waals surface area contributed by atoms with Crippen LogP contribution in [-0.2, 0) is 17.8 Å². The molecule has 0 unspecified atom stereocenters. The smallest absolute Gasteiger partial charge is 0.228 e. The highest BCUT2D eigenvalue weighted by Gasteiger charge is 2.15. The largest absolute Gasteiger partial charge is 0.493 e. The van der Waals surface area contributed by atoms with Crippen molar-refractivity contribution in [3.63, 3.8) is 0 Å². The summed E-state index contributed by atoms with van der Waals surface area (Å²) in [6.45, 7) is 3.73. The topological polar surface area (TPSA) is 68.8 Å². The van der Waals surface area contributed by atoms with Gasteiger partial charge in [-0.25, -0.2) is 0 Å². The van der Waals surface area contributed by atoms with E-state index in [1.807, 2.05) is 24.3 Å². The molecule has 6 heteroatoms. The average Bonchev–Trinajstić information content (AvgIpc) is 2.65. The third-order valence-corrected chi connectivity index (χ3v) is 3.88. The van der Waals surface area contributed by atoms with Crippen molar-refractivity contribution in [2.45, 2.75) is 19.9 Å². The van der Waals surface area contributed by atoms with Gasteiger partial charge in [0, 0.05) is 12.2 Å². The van der Waals surface area contributed by atoms with Crippen molar-refractivity contribution in [3.8, 4) is 17.2 Å². The fourth-order valence-corrected chi connectivity index (χ4v) is 2.66. The molecule has 0 bridgehead atoms. The van der Waals surface area contributed by atoms with E-state index >= 15 is 0 Å². The second kappa shape index (κ2) is 9.68. The molecule has 0 spiro atoms. The van der Waals surface area contributed by atoms with Gasteiger partial charge in [-0.1, -0.05) is 19.1 Å². The summed E-state index contributed by atoms with van der Waals surface area (Å²) in [6.07, 6.45) is 0.203. The predicted octanol–water partition coefficient (Wildman–Crippen LogP) is 3.00. The Morgan fingerprint density at radius 1 is 0.962 bits per heavy atom. The summed E-state index contributed by atoms with van der Waals surface area (Å²) in [5.74, 6) is 1.46. The minimum atomic E-state index is -0.111. The van der Waals surface area contributed by atoms with Gasteiger partial charge in [0.05, 0.1) is 27.8 Å². The van der Waals surface area contributed by atoms with Crippen molar-refractivity contribution in [2.24, 2.45) is 0 Å². The SMILES string of the molecule is CCNCc1cccc(NC(=O)Cc2cc(OC)c(OC)c(OC)c2)c1. The number of rotatable bonds is 9. The first-order chi connectivity index (χ1) is 12.6. The number of carbonyl (C=O) groups excluding carboxylic acids is 1. The molecule has 0 aliphatic carbocycles. The Balaban J connectivity index is 2.10. The van der Waals surface area contributed by atoms with Crippen molar-refractivity contribution < 1.29 is 19.0 Å². The summed E-state index contributed by atoms with van der Waals surface area (Å²) >= 11 is 0. The molecule has 0 aliphatic rings. The van der Waals surface area contributed by atoms with Crippen LogP contribution in [0, 0.1) is 0 Å². The summed E-state index contributed by atoms with van der Waals surface area (Å²) in [4.78, 5) is 12.4. The van der Waals surface area contributed by atoms with Crippen LogP contribution >= 0.6 is 0 Å². The zero-order valence-electron chi connectivity index (χ0n) is 15.7. The van der Waals surface area contributed by atoms with Gasteiger partial charge >= 0.3 is 0 Å². The number of ether oxygens (including phenoxy) is 3. The van der Waals surface area contributed by atoms with Crippen LogP contribution in [0.25, 0.3) is 0 Å². The standard InChI is InChI=1S/C20H26N2O4/c1-5-21-13-14-7-6-8-16(9-14)22-19(23)12-15-10-17(24-2)20(26-4)18(11-15)25-3/h6-11,21H,5,12-13H2,1-4H3,(H,22,23). The highest BCUT2D eigenvalue weighted by Crippen LogP contribution is 2.38. The summed E-state index contributed by atoms with van der Waals surface area (Å²) in [5, 5.41) is 6.20. The van der Waals surface area contributed by atoms with Gasteiger partial charge < -0.3 is 24.8 Å². The van der Waals surface area contributed by atoms with Gasteiger partial charge in [0.25, 0.3) is 0 Å². The molecule has 2 N–H and O–H groups in total. The number of hydrogen-bond donors (Lipinski definition) is 2. The van der Waals surface area contributed by atoms with E-state index in [0.717, 1.165) is 29.9 Å². The maximum absolute atomic E-state index is 12.4. The zero-order valence-corrected chi connectivity index (χ0v) is 15.7. The Kier molecular flexibility index (Phi) is 7.29. The summed E-state index contributed by atoms with van der Waals surface area (Å²) < 4.78 is 16.0. The van der Waals surface area contributed by atoms with E-state index in [1.54, 1.807) is 33.5 Å². The van der Waals surface area contributed by atoms with Crippen molar-refractivity contribution in [1.29, 1.82) is 0 Å². The average molecular weight is 358 g/mol. The molecule has 2 aromatic carbocycles. The molecule has 1 amide bonds. The number of hydrogen-bond acceptors (Lipinski definition) is 5. The molecule has 0 saturated heterocycles. The molecule has 0 atom stereocenters. The zero-order chi connectivity index (χ0) is 18.9. The molecule has 0 radical (unpaired) electrons. The third kappa shape index (κ3) is 5.13. The highest BCUT2D eigenvalue weighted by atomic mass is 16.5. The molecule has 0 saturated carbocycles. The van der Waals surface area contributed by atoms with Gasteiger partial charge in [0.1, 0.15) is 0 Å². The quantitative estimate of drug-likeness (QED) is 0.721. The Bertz CT molecular complexity index is 721. The lowest BCUT2D eigenvalue weighted by molar-refractivity contribution is -0.115. The Morgan fingerprint density at radius 2 is 1.65 bits per heavy atom. The Labute approximate surface area is 154 Å². The number of amides is 1. The molecule has 0 fully saturated rings. The minimum Gasteiger partial charge on any atom is -0.493 e.